The fraction of sp³-hybridized carbons (Fsp3) is 0.600. The smallest absolute Gasteiger partial charge is 0.129 e. The number of rotatable bonds is 8. The molecule has 0 bridgehead atoms. The van der Waals surface area contributed by atoms with E-state index in [1.54, 1.807) is 19.2 Å². The maximum Gasteiger partial charge on any atom is 0.129 e. The summed E-state index contributed by atoms with van der Waals surface area (Å²) in [7, 11) is 1.66. The predicted octanol–water partition coefficient (Wildman–Crippen LogP) is 3.23. The molecule has 0 aromatic heterocycles. The van der Waals surface area contributed by atoms with E-state index in [4.69, 9.17) is 22.1 Å². The van der Waals surface area contributed by atoms with Crippen LogP contribution in [0.25, 0.3) is 0 Å². The fourth-order valence-electron chi connectivity index (χ4n) is 2.33. The number of ether oxygens (including phenoxy) is 1. The quantitative estimate of drug-likeness (QED) is 0.801. The molecule has 2 unspecified atom stereocenters. The second-order valence-electron chi connectivity index (χ2n) is 4.91. The van der Waals surface area contributed by atoms with Crippen molar-refractivity contribution in [3.63, 3.8) is 0 Å². The van der Waals surface area contributed by atoms with Crippen LogP contribution in [0.15, 0.2) is 18.2 Å². The van der Waals surface area contributed by atoms with Gasteiger partial charge in [-0.2, -0.15) is 0 Å². The van der Waals surface area contributed by atoms with E-state index in [0.717, 1.165) is 13.0 Å². The third-order valence-electron chi connectivity index (χ3n) is 3.66. The van der Waals surface area contributed by atoms with Crippen molar-refractivity contribution in [3.8, 4) is 0 Å². The molecule has 2 atom stereocenters. The van der Waals surface area contributed by atoms with Crippen LogP contribution in [0.4, 0.5) is 4.39 Å². The highest BCUT2D eigenvalue weighted by atomic mass is 35.5. The topological polar surface area (TPSA) is 38.5 Å². The Morgan fingerprint density at radius 3 is 2.65 bits per heavy atom. The van der Waals surface area contributed by atoms with E-state index in [-0.39, 0.29) is 11.9 Å². The largest absolute Gasteiger partial charge is 0.383 e. The van der Waals surface area contributed by atoms with Gasteiger partial charge in [0.25, 0.3) is 0 Å². The van der Waals surface area contributed by atoms with Gasteiger partial charge in [0.1, 0.15) is 5.82 Å². The van der Waals surface area contributed by atoms with E-state index in [9.17, 15) is 4.39 Å². The number of hydrogen-bond acceptors (Lipinski definition) is 3. The van der Waals surface area contributed by atoms with E-state index >= 15 is 0 Å². The molecule has 114 valence electrons. The van der Waals surface area contributed by atoms with Crippen molar-refractivity contribution in [1.82, 2.24) is 4.90 Å². The summed E-state index contributed by atoms with van der Waals surface area (Å²) in [6.45, 7) is 5.89. The van der Waals surface area contributed by atoms with Crippen LogP contribution in [0.3, 0.4) is 0 Å². The van der Waals surface area contributed by atoms with Crippen LogP contribution < -0.4 is 5.73 Å². The van der Waals surface area contributed by atoms with Crippen LogP contribution in [-0.2, 0) is 4.74 Å². The summed E-state index contributed by atoms with van der Waals surface area (Å²) in [6.07, 6.45) is 0.968. The summed E-state index contributed by atoms with van der Waals surface area (Å²) >= 11 is 5.81. The molecule has 20 heavy (non-hydrogen) atoms. The van der Waals surface area contributed by atoms with Crippen molar-refractivity contribution in [3.05, 3.63) is 34.6 Å². The second kappa shape index (κ2) is 8.57. The van der Waals surface area contributed by atoms with Gasteiger partial charge in [-0.1, -0.05) is 24.6 Å². The summed E-state index contributed by atoms with van der Waals surface area (Å²) in [6, 6.07) is 4.89. The Labute approximate surface area is 125 Å². The lowest BCUT2D eigenvalue weighted by Gasteiger charge is -2.36. The van der Waals surface area contributed by atoms with Gasteiger partial charge < -0.3 is 10.5 Å². The second-order valence-corrected chi connectivity index (χ2v) is 5.34. The molecule has 1 rings (SSSR count). The molecule has 5 heteroatoms. The lowest BCUT2D eigenvalue weighted by atomic mass is 10.0. The number of methoxy groups -OCH3 is 1. The predicted molar refractivity (Wildman–Crippen MR) is 81.5 cm³/mol. The summed E-state index contributed by atoms with van der Waals surface area (Å²) in [5.74, 6) is -0.307. The number of halogens is 2. The minimum Gasteiger partial charge on any atom is -0.383 e. The zero-order valence-electron chi connectivity index (χ0n) is 12.4. The zero-order chi connectivity index (χ0) is 15.1. The monoisotopic (exact) mass is 302 g/mol. The number of nitrogens with zero attached hydrogens (tertiary/aromatic N) is 1. The molecule has 0 saturated carbocycles. The first-order chi connectivity index (χ1) is 9.54. The van der Waals surface area contributed by atoms with Crippen LogP contribution >= 0.6 is 11.6 Å². The SMILES string of the molecule is CCC(C)N(CCOC)C(CN)c1ccc(Cl)cc1F. The van der Waals surface area contributed by atoms with Crippen molar-refractivity contribution in [2.24, 2.45) is 5.73 Å². The first-order valence-corrected chi connectivity index (χ1v) is 7.32. The molecule has 0 aliphatic carbocycles. The summed E-state index contributed by atoms with van der Waals surface area (Å²) in [4.78, 5) is 2.19. The van der Waals surface area contributed by atoms with E-state index in [2.05, 4.69) is 18.7 Å². The lowest BCUT2D eigenvalue weighted by molar-refractivity contribution is 0.0888. The Bertz CT molecular complexity index is 417. The van der Waals surface area contributed by atoms with Crippen molar-refractivity contribution >= 4 is 11.6 Å². The van der Waals surface area contributed by atoms with Gasteiger partial charge in [-0.25, -0.2) is 4.39 Å². The van der Waals surface area contributed by atoms with Gasteiger partial charge >= 0.3 is 0 Å². The minimum absolute atomic E-state index is 0.169. The highest BCUT2D eigenvalue weighted by molar-refractivity contribution is 6.30. The maximum absolute atomic E-state index is 14.1. The van der Waals surface area contributed by atoms with Gasteiger partial charge in [0, 0.05) is 36.8 Å². The average molecular weight is 303 g/mol. The lowest BCUT2D eigenvalue weighted by Crippen LogP contribution is -2.42. The van der Waals surface area contributed by atoms with Gasteiger partial charge in [-0.3, -0.25) is 4.90 Å². The molecular weight excluding hydrogens is 279 g/mol. The molecule has 0 aliphatic heterocycles. The van der Waals surface area contributed by atoms with Crippen LogP contribution in [-0.4, -0.2) is 37.7 Å². The zero-order valence-corrected chi connectivity index (χ0v) is 13.2. The van der Waals surface area contributed by atoms with Gasteiger partial charge in [0.2, 0.25) is 0 Å². The molecule has 0 amide bonds. The van der Waals surface area contributed by atoms with Gasteiger partial charge in [0.05, 0.1) is 12.6 Å². The Balaban J connectivity index is 3.04. The number of nitrogens with two attached hydrogens (primary N) is 1. The molecule has 1 aromatic rings. The number of hydrogen-bond donors (Lipinski definition) is 1. The van der Waals surface area contributed by atoms with Gasteiger partial charge in [-0.15, -0.1) is 0 Å². The van der Waals surface area contributed by atoms with E-state index in [1.807, 2.05) is 0 Å². The standard InChI is InChI=1S/C15H24ClFN2O/c1-4-11(2)19(7-8-20-3)15(10-18)13-6-5-12(16)9-14(13)17/h5-6,9,11,15H,4,7-8,10,18H2,1-3H3. The van der Waals surface area contributed by atoms with E-state index in [1.165, 1.54) is 6.07 Å². The van der Waals surface area contributed by atoms with Gasteiger partial charge in [-0.05, 0) is 25.5 Å². The Morgan fingerprint density at radius 2 is 2.15 bits per heavy atom. The van der Waals surface area contributed by atoms with Crippen LogP contribution in [0, 0.1) is 5.82 Å². The Morgan fingerprint density at radius 1 is 1.45 bits per heavy atom. The van der Waals surface area contributed by atoms with Crippen LogP contribution in [0.2, 0.25) is 5.02 Å². The maximum atomic E-state index is 14.1. The van der Waals surface area contributed by atoms with Crippen molar-refractivity contribution in [2.75, 3.05) is 26.8 Å². The third-order valence-corrected chi connectivity index (χ3v) is 3.89. The molecule has 0 aliphatic rings. The summed E-state index contributed by atoms with van der Waals surface area (Å²) < 4.78 is 19.3. The highest BCUT2D eigenvalue weighted by Gasteiger charge is 2.25. The molecular formula is C15H24ClFN2O. The average Bonchev–Trinajstić information content (AvgIpc) is 2.44. The van der Waals surface area contributed by atoms with E-state index < -0.39 is 0 Å². The number of benzene rings is 1. The molecule has 0 spiro atoms. The molecule has 0 radical (unpaired) electrons. The minimum atomic E-state index is -0.307. The summed E-state index contributed by atoms with van der Waals surface area (Å²) in [5.41, 5.74) is 6.49. The first-order valence-electron chi connectivity index (χ1n) is 6.94. The Kier molecular flexibility index (Phi) is 7.45. The molecule has 3 nitrogen and oxygen atoms in total. The molecule has 0 heterocycles. The van der Waals surface area contributed by atoms with Crippen molar-refractivity contribution in [2.45, 2.75) is 32.4 Å². The third kappa shape index (κ3) is 4.42. The fourth-order valence-corrected chi connectivity index (χ4v) is 2.49. The highest BCUT2D eigenvalue weighted by Crippen LogP contribution is 2.27. The van der Waals surface area contributed by atoms with Crippen molar-refractivity contribution < 1.29 is 9.13 Å². The molecule has 1 aromatic carbocycles. The normalized spacial score (nSPS) is 14.6. The molecule has 0 fully saturated rings. The van der Waals surface area contributed by atoms with Gasteiger partial charge in [0.15, 0.2) is 0 Å². The van der Waals surface area contributed by atoms with E-state index in [0.29, 0.717) is 29.8 Å². The van der Waals surface area contributed by atoms with Crippen LogP contribution in [0.5, 0.6) is 0 Å². The first kappa shape index (κ1) is 17.4. The molecule has 2 N–H and O–H groups in total. The summed E-state index contributed by atoms with van der Waals surface area (Å²) in [5, 5.41) is 0.397. The Hall–Kier alpha value is -0.680. The van der Waals surface area contributed by atoms with Crippen molar-refractivity contribution in [1.29, 1.82) is 0 Å². The molecule has 0 saturated heterocycles. The van der Waals surface area contributed by atoms with Crippen LogP contribution in [0.1, 0.15) is 31.9 Å².